The third kappa shape index (κ3) is 2.96. The maximum atomic E-state index is 9.57. The number of pyridine rings is 1. The van der Waals surface area contributed by atoms with E-state index in [0.29, 0.717) is 11.8 Å². The molecule has 0 saturated carbocycles. The molecule has 1 aliphatic heterocycles. The van der Waals surface area contributed by atoms with E-state index >= 15 is 0 Å². The van der Waals surface area contributed by atoms with E-state index < -0.39 is 0 Å². The molecule has 0 radical (unpaired) electrons. The van der Waals surface area contributed by atoms with E-state index in [-0.39, 0.29) is 6.10 Å². The molecule has 2 heterocycles. The molecule has 17 heavy (non-hydrogen) atoms. The summed E-state index contributed by atoms with van der Waals surface area (Å²) < 4.78 is 5.24. The van der Waals surface area contributed by atoms with Crippen molar-refractivity contribution in [3.05, 3.63) is 23.9 Å². The molecular weight excluding hydrogens is 216 g/mol. The van der Waals surface area contributed by atoms with Crippen molar-refractivity contribution in [1.82, 2.24) is 9.88 Å². The third-order valence-electron chi connectivity index (χ3n) is 3.43. The van der Waals surface area contributed by atoms with Crippen LogP contribution in [0.5, 0.6) is 5.88 Å². The van der Waals surface area contributed by atoms with Crippen molar-refractivity contribution in [2.24, 2.45) is 5.92 Å². The van der Waals surface area contributed by atoms with Crippen molar-refractivity contribution >= 4 is 0 Å². The van der Waals surface area contributed by atoms with Crippen molar-refractivity contribution < 1.29 is 9.84 Å². The molecule has 1 aliphatic rings. The molecule has 2 atom stereocenters. The van der Waals surface area contributed by atoms with Gasteiger partial charge in [-0.15, -0.1) is 0 Å². The Morgan fingerprint density at radius 1 is 1.65 bits per heavy atom. The van der Waals surface area contributed by atoms with E-state index in [1.165, 1.54) is 0 Å². The van der Waals surface area contributed by atoms with Gasteiger partial charge >= 0.3 is 0 Å². The number of hydrogen-bond donors (Lipinski definition) is 1. The van der Waals surface area contributed by atoms with Crippen LogP contribution in [0.15, 0.2) is 18.3 Å². The highest BCUT2D eigenvalue weighted by molar-refractivity contribution is 5.25. The molecule has 94 valence electrons. The third-order valence-corrected chi connectivity index (χ3v) is 3.43. The van der Waals surface area contributed by atoms with Crippen LogP contribution in [-0.2, 0) is 6.54 Å². The summed E-state index contributed by atoms with van der Waals surface area (Å²) in [6.45, 7) is 4.71. The predicted octanol–water partition coefficient (Wildman–Crippen LogP) is 1.29. The summed E-state index contributed by atoms with van der Waals surface area (Å²) in [6.07, 6.45) is 2.60. The van der Waals surface area contributed by atoms with Gasteiger partial charge in [0.2, 0.25) is 5.88 Å². The van der Waals surface area contributed by atoms with E-state index in [1.54, 1.807) is 13.3 Å². The number of nitrogens with zero attached hydrogens (tertiary/aromatic N) is 2. The molecule has 1 aromatic rings. The zero-order chi connectivity index (χ0) is 12.3. The second-order valence-corrected chi connectivity index (χ2v) is 4.70. The monoisotopic (exact) mass is 236 g/mol. The van der Waals surface area contributed by atoms with E-state index in [1.807, 2.05) is 19.1 Å². The first-order valence-corrected chi connectivity index (χ1v) is 6.09. The Morgan fingerprint density at radius 2 is 2.47 bits per heavy atom. The highest BCUT2D eigenvalue weighted by Gasteiger charge is 2.26. The second-order valence-electron chi connectivity index (χ2n) is 4.70. The van der Waals surface area contributed by atoms with Crippen molar-refractivity contribution in [3.8, 4) is 5.88 Å². The lowest BCUT2D eigenvalue weighted by atomic mass is 10.0. The maximum Gasteiger partial charge on any atom is 0.217 e. The number of rotatable bonds is 4. The minimum atomic E-state index is -0.212. The van der Waals surface area contributed by atoms with Crippen LogP contribution in [0.2, 0.25) is 0 Å². The molecule has 1 fully saturated rings. The van der Waals surface area contributed by atoms with Gasteiger partial charge in [0.05, 0.1) is 13.2 Å². The summed E-state index contributed by atoms with van der Waals surface area (Å²) >= 11 is 0. The van der Waals surface area contributed by atoms with Gasteiger partial charge < -0.3 is 9.84 Å². The number of ether oxygens (including phenoxy) is 1. The van der Waals surface area contributed by atoms with Crippen LogP contribution in [0.4, 0.5) is 0 Å². The summed E-state index contributed by atoms with van der Waals surface area (Å²) in [6, 6.07) is 3.97. The number of aliphatic hydroxyl groups excluding tert-OH is 1. The lowest BCUT2D eigenvalue weighted by Crippen LogP contribution is -2.24. The Bertz CT molecular complexity index is 368. The average molecular weight is 236 g/mol. The number of aliphatic hydroxyl groups is 1. The Balaban J connectivity index is 1.98. The van der Waals surface area contributed by atoms with Gasteiger partial charge in [0, 0.05) is 24.8 Å². The van der Waals surface area contributed by atoms with E-state index in [0.717, 1.165) is 31.6 Å². The first kappa shape index (κ1) is 12.3. The highest BCUT2D eigenvalue weighted by Crippen LogP contribution is 2.23. The highest BCUT2D eigenvalue weighted by atomic mass is 16.5. The molecule has 0 aromatic carbocycles. The van der Waals surface area contributed by atoms with Crippen LogP contribution < -0.4 is 4.74 Å². The summed E-state index contributed by atoms with van der Waals surface area (Å²) in [5, 5.41) is 9.57. The van der Waals surface area contributed by atoms with Crippen LogP contribution >= 0.6 is 0 Å². The predicted molar refractivity (Wildman–Crippen MR) is 65.9 cm³/mol. The Labute approximate surface area is 102 Å². The standard InChI is InChI=1S/C13H20N2O2/c1-10(16)11-5-7-15(8-11)9-12-4-3-6-14-13(12)17-2/h3-4,6,10-11,16H,5,7-9H2,1-2H3. The lowest BCUT2D eigenvalue weighted by Gasteiger charge is -2.18. The Morgan fingerprint density at radius 3 is 3.12 bits per heavy atom. The van der Waals surface area contributed by atoms with Gasteiger partial charge in [-0.3, -0.25) is 4.90 Å². The number of hydrogen-bond acceptors (Lipinski definition) is 4. The van der Waals surface area contributed by atoms with Crippen LogP contribution in [0, 0.1) is 5.92 Å². The van der Waals surface area contributed by atoms with Crippen molar-refractivity contribution in [2.45, 2.75) is 26.0 Å². The maximum absolute atomic E-state index is 9.57. The van der Waals surface area contributed by atoms with Crippen molar-refractivity contribution in [2.75, 3.05) is 20.2 Å². The molecule has 2 unspecified atom stereocenters. The Kier molecular flexibility index (Phi) is 3.97. The zero-order valence-electron chi connectivity index (χ0n) is 10.5. The van der Waals surface area contributed by atoms with Crippen LogP contribution in [-0.4, -0.2) is 41.3 Å². The number of aromatic nitrogens is 1. The molecule has 1 saturated heterocycles. The van der Waals surface area contributed by atoms with E-state index in [4.69, 9.17) is 4.74 Å². The summed E-state index contributed by atoms with van der Waals surface area (Å²) in [4.78, 5) is 6.54. The first-order valence-electron chi connectivity index (χ1n) is 6.09. The van der Waals surface area contributed by atoms with Gasteiger partial charge in [-0.25, -0.2) is 4.98 Å². The van der Waals surface area contributed by atoms with Gasteiger partial charge in [-0.1, -0.05) is 6.07 Å². The fourth-order valence-electron chi connectivity index (χ4n) is 2.37. The van der Waals surface area contributed by atoms with E-state index in [2.05, 4.69) is 9.88 Å². The molecule has 0 aliphatic carbocycles. The molecule has 1 N–H and O–H groups in total. The molecule has 4 heteroatoms. The molecule has 2 rings (SSSR count). The largest absolute Gasteiger partial charge is 0.481 e. The minimum Gasteiger partial charge on any atom is -0.481 e. The normalized spacial score (nSPS) is 22.6. The number of methoxy groups -OCH3 is 1. The molecule has 4 nitrogen and oxygen atoms in total. The van der Waals surface area contributed by atoms with E-state index in [9.17, 15) is 5.11 Å². The van der Waals surface area contributed by atoms with Crippen molar-refractivity contribution in [3.63, 3.8) is 0 Å². The molecule has 1 aromatic heterocycles. The summed E-state index contributed by atoms with van der Waals surface area (Å²) in [5.41, 5.74) is 1.11. The van der Waals surface area contributed by atoms with Crippen molar-refractivity contribution in [1.29, 1.82) is 0 Å². The SMILES string of the molecule is COc1ncccc1CN1CCC(C(C)O)C1. The molecule has 0 amide bonds. The van der Waals surface area contributed by atoms with Crippen LogP contribution in [0.3, 0.4) is 0 Å². The first-order chi connectivity index (χ1) is 8.20. The topological polar surface area (TPSA) is 45.6 Å². The Hall–Kier alpha value is -1.13. The molecule has 0 bridgehead atoms. The van der Waals surface area contributed by atoms with Gasteiger partial charge in [-0.05, 0) is 31.9 Å². The molecular formula is C13H20N2O2. The smallest absolute Gasteiger partial charge is 0.217 e. The number of likely N-dealkylation sites (tertiary alicyclic amines) is 1. The van der Waals surface area contributed by atoms with Gasteiger partial charge in [-0.2, -0.15) is 0 Å². The average Bonchev–Trinajstić information content (AvgIpc) is 2.78. The van der Waals surface area contributed by atoms with Crippen LogP contribution in [0.25, 0.3) is 0 Å². The van der Waals surface area contributed by atoms with Crippen LogP contribution in [0.1, 0.15) is 18.9 Å². The quantitative estimate of drug-likeness (QED) is 0.855. The molecule has 0 spiro atoms. The zero-order valence-corrected chi connectivity index (χ0v) is 10.5. The fraction of sp³-hybridized carbons (Fsp3) is 0.615. The minimum absolute atomic E-state index is 0.212. The van der Waals surface area contributed by atoms with Gasteiger partial charge in [0.15, 0.2) is 0 Å². The summed E-state index contributed by atoms with van der Waals surface area (Å²) in [5.74, 6) is 1.10. The second kappa shape index (κ2) is 5.47. The summed E-state index contributed by atoms with van der Waals surface area (Å²) in [7, 11) is 1.65. The van der Waals surface area contributed by atoms with Gasteiger partial charge in [0.25, 0.3) is 0 Å². The van der Waals surface area contributed by atoms with Gasteiger partial charge in [0.1, 0.15) is 0 Å². The fourth-order valence-corrected chi connectivity index (χ4v) is 2.37. The lowest BCUT2D eigenvalue weighted by molar-refractivity contribution is 0.127.